The van der Waals surface area contributed by atoms with E-state index in [9.17, 15) is 0 Å². The van der Waals surface area contributed by atoms with Crippen molar-refractivity contribution in [3.8, 4) is 68.3 Å². The molecule has 264 valence electrons. The zero-order valence-electron chi connectivity index (χ0n) is 29.8. The predicted octanol–water partition coefficient (Wildman–Crippen LogP) is 12.6. The molecule has 0 fully saturated rings. The molecule has 0 saturated heterocycles. The normalized spacial score (nSPS) is 11.3. The van der Waals surface area contributed by atoms with E-state index in [4.69, 9.17) is 29.9 Å². The fraction of sp³-hybridized carbons (Fsp3) is 0. The Morgan fingerprint density at radius 2 is 0.786 bits per heavy atom. The first kappa shape index (κ1) is 33.7. The van der Waals surface area contributed by atoms with Crippen molar-refractivity contribution >= 4 is 43.3 Å². The van der Waals surface area contributed by atoms with Crippen molar-refractivity contribution in [2.45, 2.75) is 9.79 Å². The Balaban J connectivity index is 1.06. The van der Waals surface area contributed by atoms with Gasteiger partial charge in [0, 0.05) is 63.3 Å². The molecular formula is C48H30N6S2. The van der Waals surface area contributed by atoms with Gasteiger partial charge in [-0.3, -0.25) is 0 Å². The van der Waals surface area contributed by atoms with Gasteiger partial charge in [-0.05, 0) is 30.3 Å². The molecule has 10 aromatic rings. The smallest absolute Gasteiger partial charge is 0.165 e. The Labute approximate surface area is 331 Å². The Hall–Kier alpha value is -6.87. The van der Waals surface area contributed by atoms with Crippen LogP contribution in [0.25, 0.3) is 88.5 Å². The summed E-state index contributed by atoms with van der Waals surface area (Å²) in [7, 11) is 0. The summed E-state index contributed by atoms with van der Waals surface area (Å²) in [6.45, 7) is 0. The van der Waals surface area contributed by atoms with Crippen LogP contribution in [0.3, 0.4) is 0 Å². The average molecular weight is 755 g/mol. The molecule has 3 heterocycles. The summed E-state index contributed by atoms with van der Waals surface area (Å²) in [4.78, 5) is 32.3. The molecule has 0 aliphatic rings. The highest BCUT2D eigenvalue weighted by Crippen LogP contribution is 2.41. The van der Waals surface area contributed by atoms with Gasteiger partial charge in [0.2, 0.25) is 0 Å². The van der Waals surface area contributed by atoms with Gasteiger partial charge in [-0.2, -0.15) is 0 Å². The van der Waals surface area contributed by atoms with E-state index in [2.05, 4.69) is 78.9 Å². The molecule has 0 saturated carbocycles. The second-order valence-corrected chi connectivity index (χ2v) is 15.3. The van der Waals surface area contributed by atoms with Crippen molar-refractivity contribution in [1.29, 1.82) is 0 Å². The molecular weight excluding hydrogens is 725 g/mol. The summed E-state index contributed by atoms with van der Waals surface area (Å²) in [5, 5.41) is 2.44. The van der Waals surface area contributed by atoms with Crippen LogP contribution in [0.15, 0.2) is 192 Å². The number of hydrogen-bond donors (Lipinski definition) is 0. The number of hydrogen-bond acceptors (Lipinski definition) is 8. The third kappa shape index (κ3) is 6.62. The highest BCUT2D eigenvalue weighted by Gasteiger charge is 2.19. The molecule has 0 spiro atoms. The molecule has 0 bridgehead atoms. The van der Waals surface area contributed by atoms with Crippen molar-refractivity contribution in [2.24, 2.45) is 0 Å². The molecule has 0 aliphatic heterocycles. The lowest BCUT2D eigenvalue weighted by atomic mass is 10.1. The van der Waals surface area contributed by atoms with Gasteiger partial charge in [0.05, 0.1) is 0 Å². The maximum Gasteiger partial charge on any atom is 0.165 e. The molecule has 8 heteroatoms. The molecule has 7 aromatic carbocycles. The molecule has 0 atom stereocenters. The van der Waals surface area contributed by atoms with Crippen molar-refractivity contribution in [3.63, 3.8) is 0 Å². The molecule has 56 heavy (non-hydrogen) atoms. The number of fused-ring (bicyclic) bond motifs is 3. The number of nitrogens with zero attached hydrogens (tertiary/aromatic N) is 6. The van der Waals surface area contributed by atoms with Crippen LogP contribution >= 0.6 is 23.1 Å². The average Bonchev–Trinajstić information content (AvgIpc) is 3.66. The van der Waals surface area contributed by atoms with E-state index in [1.165, 1.54) is 15.5 Å². The predicted molar refractivity (Wildman–Crippen MR) is 229 cm³/mol. The van der Waals surface area contributed by atoms with E-state index in [0.29, 0.717) is 34.9 Å². The van der Waals surface area contributed by atoms with E-state index in [1.807, 2.05) is 103 Å². The number of rotatable bonds is 8. The number of aromatic nitrogens is 6. The second-order valence-electron chi connectivity index (χ2n) is 13.1. The van der Waals surface area contributed by atoms with Gasteiger partial charge >= 0.3 is 0 Å². The van der Waals surface area contributed by atoms with Crippen LogP contribution in [0.2, 0.25) is 0 Å². The fourth-order valence-corrected chi connectivity index (χ4v) is 8.97. The maximum atomic E-state index is 5.21. The first-order chi connectivity index (χ1) is 27.7. The standard InChI is InChI=1S/C48H30N6S2/c1-4-16-31(17-5-1)43-49-44(32-18-6-2-7-19-32)51-46(50-43)34-22-14-23-35(30-34)55-41-29-13-11-25-38(41)47-52-45(33-20-8-3-9-21-33)53-48(54-47)39-27-15-26-37-36-24-10-12-28-40(36)56-42(37)39/h1-30H. The zero-order chi connectivity index (χ0) is 37.3. The van der Waals surface area contributed by atoms with Gasteiger partial charge in [0.25, 0.3) is 0 Å². The van der Waals surface area contributed by atoms with Crippen LogP contribution in [0.5, 0.6) is 0 Å². The molecule has 10 rings (SSSR count). The minimum Gasteiger partial charge on any atom is -0.208 e. The summed E-state index contributed by atoms with van der Waals surface area (Å²) >= 11 is 3.43. The van der Waals surface area contributed by atoms with E-state index >= 15 is 0 Å². The van der Waals surface area contributed by atoms with Crippen LogP contribution in [-0.2, 0) is 0 Å². The summed E-state index contributed by atoms with van der Waals surface area (Å²) in [5.41, 5.74) is 5.61. The summed E-state index contributed by atoms with van der Waals surface area (Å²) < 4.78 is 2.40. The molecule has 0 aliphatic carbocycles. The molecule has 0 N–H and O–H groups in total. The first-order valence-corrected chi connectivity index (χ1v) is 19.8. The minimum absolute atomic E-state index is 0.610. The highest BCUT2D eigenvalue weighted by atomic mass is 32.2. The maximum absolute atomic E-state index is 5.21. The monoisotopic (exact) mass is 754 g/mol. The number of thiophene rings is 1. The van der Waals surface area contributed by atoms with E-state index < -0.39 is 0 Å². The lowest BCUT2D eigenvalue weighted by Gasteiger charge is -2.12. The highest BCUT2D eigenvalue weighted by molar-refractivity contribution is 7.99. The molecule has 0 amide bonds. The van der Waals surface area contributed by atoms with Crippen LogP contribution in [0.4, 0.5) is 0 Å². The van der Waals surface area contributed by atoms with Gasteiger partial charge in [-0.25, -0.2) is 29.9 Å². The quantitative estimate of drug-likeness (QED) is 0.153. The lowest BCUT2D eigenvalue weighted by Crippen LogP contribution is -2.01. The van der Waals surface area contributed by atoms with Gasteiger partial charge in [0.1, 0.15) is 0 Å². The van der Waals surface area contributed by atoms with Crippen molar-refractivity contribution < 1.29 is 0 Å². The van der Waals surface area contributed by atoms with Gasteiger partial charge in [-0.1, -0.05) is 163 Å². The van der Waals surface area contributed by atoms with Crippen molar-refractivity contribution in [3.05, 3.63) is 182 Å². The third-order valence-corrected chi connectivity index (χ3v) is 11.7. The summed E-state index contributed by atoms with van der Waals surface area (Å²) in [6.07, 6.45) is 0. The zero-order valence-corrected chi connectivity index (χ0v) is 31.5. The summed E-state index contributed by atoms with van der Waals surface area (Å²) in [6, 6.07) is 61.8. The third-order valence-electron chi connectivity index (χ3n) is 9.46. The van der Waals surface area contributed by atoms with E-state index in [1.54, 1.807) is 23.1 Å². The van der Waals surface area contributed by atoms with Gasteiger partial charge in [-0.15, -0.1) is 11.3 Å². The second kappa shape index (κ2) is 14.8. The largest absolute Gasteiger partial charge is 0.208 e. The fourth-order valence-electron chi connectivity index (χ4n) is 6.76. The Morgan fingerprint density at radius 3 is 1.45 bits per heavy atom. The van der Waals surface area contributed by atoms with E-state index in [-0.39, 0.29) is 0 Å². The molecule has 0 unspecified atom stereocenters. The van der Waals surface area contributed by atoms with Crippen molar-refractivity contribution in [2.75, 3.05) is 0 Å². The van der Waals surface area contributed by atoms with Gasteiger partial charge < -0.3 is 0 Å². The molecule has 6 nitrogen and oxygen atoms in total. The van der Waals surface area contributed by atoms with Crippen LogP contribution in [0.1, 0.15) is 0 Å². The molecule has 3 aromatic heterocycles. The van der Waals surface area contributed by atoms with E-state index in [0.717, 1.165) is 47.9 Å². The van der Waals surface area contributed by atoms with Crippen LogP contribution in [0, 0.1) is 0 Å². The van der Waals surface area contributed by atoms with Crippen molar-refractivity contribution in [1.82, 2.24) is 29.9 Å². The summed E-state index contributed by atoms with van der Waals surface area (Å²) in [5.74, 6) is 3.75. The Bertz CT molecular complexity index is 2950. The SMILES string of the molecule is c1ccc(-c2nc(-c3ccccc3)nc(-c3cccc(Sc4ccccc4-c4nc(-c5ccccc5)nc(-c5cccc6c5sc5ccccc56)n4)c3)n2)cc1. The van der Waals surface area contributed by atoms with Crippen LogP contribution in [-0.4, -0.2) is 29.9 Å². The first-order valence-electron chi connectivity index (χ1n) is 18.2. The minimum atomic E-state index is 0.610. The Morgan fingerprint density at radius 1 is 0.339 bits per heavy atom. The van der Waals surface area contributed by atoms with Gasteiger partial charge in [0.15, 0.2) is 34.9 Å². The lowest BCUT2D eigenvalue weighted by molar-refractivity contribution is 1.07. The topological polar surface area (TPSA) is 77.3 Å². The number of benzene rings is 7. The Kier molecular flexibility index (Phi) is 8.87. The van der Waals surface area contributed by atoms with Crippen LogP contribution < -0.4 is 0 Å². The molecule has 0 radical (unpaired) electrons.